The van der Waals surface area contributed by atoms with Crippen LogP contribution in [-0.2, 0) is 0 Å². The highest BCUT2D eigenvalue weighted by molar-refractivity contribution is 7.22. The number of anilines is 1. The van der Waals surface area contributed by atoms with Crippen LogP contribution in [0.3, 0.4) is 0 Å². The number of allylic oxidation sites excluding steroid dienone is 1. The van der Waals surface area contributed by atoms with Crippen LogP contribution in [0.4, 0.5) is 5.13 Å². The van der Waals surface area contributed by atoms with Crippen LogP contribution in [0.5, 0.6) is 0 Å². The Labute approximate surface area is 126 Å². The zero-order chi connectivity index (χ0) is 14.8. The third-order valence-corrected chi connectivity index (χ3v) is 4.13. The summed E-state index contributed by atoms with van der Waals surface area (Å²) in [5.74, 6) is 0.146. The zero-order valence-corrected chi connectivity index (χ0v) is 12.3. The van der Waals surface area contributed by atoms with E-state index in [2.05, 4.69) is 15.5 Å². The monoisotopic (exact) mass is 301 g/mol. The number of aromatic nitrogens is 1. The van der Waals surface area contributed by atoms with E-state index in [-0.39, 0.29) is 5.76 Å². The molecule has 1 aromatic carbocycles. The summed E-state index contributed by atoms with van der Waals surface area (Å²) in [6.45, 7) is 1.77. The zero-order valence-electron chi connectivity index (χ0n) is 11.4. The fourth-order valence-electron chi connectivity index (χ4n) is 2.11. The molecule has 0 radical (unpaired) electrons. The Balaban J connectivity index is 1.80. The number of aliphatic hydroxyl groups excluding tert-OH is 2. The molecule has 0 spiro atoms. The molecule has 1 atom stereocenters. The van der Waals surface area contributed by atoms with Crippen molar-refractivity contribution in [3.8, 4) is 0 Å². The highest BCUT2D eigenvalue weighted by Gasteiger charge is 2.15. The van der Waals surface area contributed by atoms with Crippen LogP contribution in [-0.4, -0.2) is 27.0 Å². The van der Waals surface area contributed by atoms with Crippen molar-refractivity contribution in [3.05, 3.63) is 47.7 Å². The van der Waals surface area contributed by atoms with Gasteiger partial charge in [-0.2, -0.15) is 5.10 Å². The standard InChI is InChI=1S/C15H15N3O2S/c1-9(11-8-10(19)6-7-13(11)20)17-18-15-16-12-4-2-3-5-14(12)21-15/h2-5,7-8,10,19-20H,6H2,1H3,(H,16,18)/b17-9+. The van der Waals surface area contributed by atoms with Crippen molar-refractivity contribution in [1.82, 2.24) is 4.98 Å². The van der Waals surface area contributed by atoms with Gasteiger partial charge in [-0.25, -0.2) is 4.98 Å². The Morgan fingerprint density at radius 1 is 1.43 bits per heavy atom. The van der Waals surface area contributed by atoms with Gasteiger partial charge in [0.15, 0.2) is 0 Å². The molecule has 2 aromatic rings. The number of para-hydroxylation sites is 1. The highest BCUT2D eigenvalue weighted by atomic mass is 32.1. The lowest BCUT2D eigenvalue weighted by molar-refractivity contribution is 0.221. The predicted octanol–water partition coefficient (Wildman–Crippen LogP) is 3.22. The molecule has 0 saturated carbocycles. The van der Waals surface area contributed by atoms with E-state index in [1.54, 1.807) is 19.1 Å². The molecule has 108 valence electrons. The summed E-state index contributed by atoms with van der Waals surface area (Å²) < 4.78 is 1.09. The van der Waals surface area contributed by atoms with Gasteiger partial charge in [-0.05, 0) is 37.6 Å². The molecule has 1 aliphatic rings. The fourth-order valence-corrected chi connectivity index (χ4v) is 2.91. The van der Waals surface area contributed by atoms with Gasteiger partial charge in [0, 0.05) is 5.57 Å². The minimum atomic E-state index is -0.580. The van der Waals surface area contributed by atoms with Gasteiger partial charge in [0.1, 0.15) is 5.76 Å². The van der Waals surface area contributed by atoms with Crippen molar-refractivity contribution < 1.29 is 10.2 Å². The maximum absolute atomic E-state index is 9.83. The minimum absolute atomic E-state index is 0.146. The Morgan fingerprint density at radius 3 is 3.05 bits per heavy atom. The normalized spacial score (nSPS) is 19.3. The van der Waals surface area contributed by atoms with E-state index in [1.165, 1.54) is 11.3 Å². The number of thiazole rings is 1. The number of nitrogens with one attached hydrogen (secondary N) is 1. The van der Waals surface area contributed by atoms with Gasteiger partial charge in [0.05, 0.1) is 22.0 Å². The molecular weight excluding hydrogens is 286 g/mol. The van der Waals surface area contributed by atoms with E-state index in [0.717, 1.165) is 10.2 Å². The first kappa shape index (κ1) is 13.8. The van der Waals surface area contributed by atoms with Crippen LogP contribution < -0.4 is 5.43 Å². The Hall–Kier alpha value is -2.18. The van der Waals surface area contributed by atoms with Crippen molar-refractivity contribution in [2.24, 2.45) is 5.10 Å². The maximum Gasteiger partial charge on any atom is 0.204 e. The van der Waals surface area contributed by atoms with Gasteiger partial charge in [-0.3, -0.25) is 5.43 Å². The minimum Gasteiger partial charge on any atom is -0.508 e. The molecule has 0 saturated heterocycles. The van der Waals surface area contributed by atoms with Crippen LogP contribution in [0.15, 0.2) is 52.9 Å². The molecule has 1 unspecified atom stereocenters. The van der Waals surface area contributed by atoms with E-state index < -0.39 is 6.10 Å². The third-order valence-electron chi connectivity index (χ3n) is 3.19. The lowest BCUT2D eigenvalue weighted by Gasteiger charge is -2.14. The van der Waals surface area contributed by atoms with Gasteiger partial charge >= 0.3 is 0 Å². The van der Waals surface area contributed by atoms with Crippen LogP contribution in [0, 0.1) is 0 Å². The molecule has 0 aliphatic heterocycles. The molecule has 3 N–H and O–H groups in total. The molecule has 6 heteroatoms. The highest BCUT2D eigenvalue weighted by Crippen LogP contribution is 2.25. The largest absolute Gasteiger partial charge is 0.508 e. The molecule has 0 fully saturated rings. The fraction of sp³-hybridized carbons (Fsp3) is 0.200. The van der Waals surface area contributed by atoms with Gasteiger partial charge < -0.3 is 10.2 Å². The first-order valence-electron chi connectivity index (χ1n) is 6.59. The van der Waals surface area contributed by atoms with Gasteiger partial charge in [0.25, 0.3) is 0 Å². The van der Waals surface area contributed by atoms with E-state index in [9.17, 15) is 10.2 Å². The first-order valence-corrected chi connectivity index (χ1v) is 7.41. The van der Waals surface area contributed by atoms with E-state index in [4.69, 9.17) is 0 Å². The van der Waals surface area contributed by atoms with Crippen LogP contribution in [0.1, 0.15) is 13.3 Å². The molecule has 5 nitrogen and oxygen atoms in total. The van der Waals surface area contributed by atoms with Crippen LogP contribution in [0.25, 0.3) is 10.2 Å². The van der Waals surface area contributed by atoms with Crippen molar-refractivity contribution in [1.29, 1.82) is 0 Å². The van der Waals surface area contributed by atoms with E-state index >= 15 is 0 Å². The molecule has 0 bridgehead atoms. The summed E-state index contributed by atoms with van der Waals surface area (Å²) in [4.78, 5) is 4.42. The molecule has 1 aliphatic carbocycles. The Bertz CT molecular complexity index is 728. The summed E-state index contributed by atoms with van der Waals surface area (Å²) in [6, 6.07) is 7.86. The van der Waals surface area contributed by atoms with Gasteiger partial charge in [-0.1, -0.05) is 23.5 Å². The number of aliphatic hydroxyl groups is 2. The third kappa shape index (κ3) is 2.96. The molecule has 3 rings (SSSR count). The Morgan fingerprint density at radius 2 is 2.24 bits per heavy atom. The van der Waals surface area contributed by atoms with Gasteiger partial charge in [-0.15, -0.1) is 0 Å². The number of nitrogens with zero attached hydrogens (tertiary/aromatic N) is 2. The summed E-state index contributed by atoms with van der Waals surface area (Å²) in [7, 11) is 0. The summed E-state index contributed by atoms with van der Waals surface area (Å²) in [5, 5.41) is 24.4. The van der Waals surface area contributed by atoms with Gasteiger partial charge in [0.2, 0.25) is 5.13 Å². The number of rotatable bonds is 3. The SMILES string of the molecule is C/C(=N\Nc1nc2ccccc2s1)C1=CC(O)CC=C1O. The summed E-state index contributed by atoms with van der Waals surface area (Å²) in [5.41, 5.74) is 4.97. The van der Waals surface area contributed by atoms with Crippen molar-refractivity contribution in [2.45, 2.75) is 19.4 Å². The molecule has 0 amide bonds. The van der Waals surface area contributed by atoms with Crippen molar-refractivity contribution in [2.75, 3.05) is 5.43 Å². The number of hydrogen-bond donors (Lipinski definition) is 3. The topological polar surface area (TPSA) is 77.7 Å². The second-order valence-electron chi connectivity index (χ2n) is 4.77. The predicted molar refractivity (Wildman–Crippen MR) is 85.8 cm³/mol. The number of fused-ring (bicyclic) bond motifs is 1. The Kier molecular flexibility index (Phi) is 3.72. The number of hydrazone groups is 1. The van der Waals surface area contributed by atoms with Crippen molar-refractivity contribution in [3.63, 3.8) is 0 Å². The smallest absolute Gasteiger partial charge is 0.204 e. The molecule has 1 heterocycles. The number of benzene rings is 1. The van der Waals surface area contributed by atoms with E-state index in [1.807, 2.05) is 24.3 Å². The average molecular weight is 301 g/mol. The molecular formula is C15H15N3O2S. The lowest BCUT2D eigenvalue weighted by Crippen LogP contribution is -2.13. The number of hydrogen-bond acceptors (Lipinski definition) is 6. The van der Waals surface area contributed by atoms with Crippen LogP contribution >= 0.6 is 11.3 Å². The maximum atomic E-state index is 9.83. The second-order valence-corrected chi connectivity index (χ2v) is 5.80. The second kappa shape index (κ2) is 5.67. The average Bonchev–Trinajstić information content (AvgIpc) is 2.90. The first-order chi connectivity index (χ1) is 10.1. The molecule has 21 heavy (non-hydrogen) atoms. The quantitative estimate of drug-likeness (QED) is 0.601. The molecule has 1 aromatic heterocycles. The lowest BCUT2D eigenvalue weighted by atomic mass is 10.00. The summed E-state index contributed by atoms with van der Waals surface area (Å²) in [6.07, 6.45) is 3.04. The summed E-state index contributed by atoms with van der Waals surface area (Å²) >= 11 is 1.51. The van der Waals surface area contributed by atoms with Crippen molar-refractivity contribution >= 4 is 32.4 Å². The van der Waals surface area contributed by atoms with Crippen LogP contribution in [0.2, 0.25) is 0 Å². The van der Waals surface area contributed by atoms with E-state index in [0.29, 0.717) is 22.8 Å².